The molecule has 7 nitrogen and oxygen atoms in total. The number of anilines is 3. The van der Waals surface area contributed by atoms with Gasteiger partial charge >= 0.3 is 0 Å². The summed E-state index contributed by atoms with van der Waals surface area (Å²) in [6.45, 7) is 0. The largest absolute Gasteiger partial charge is 0.307 e. The average molecular weight is 834 g/mol. The fraction of sp³-hybridized carbons (Fsp3) is 0.0172. The van der Waals surface area contributed by atoms with Crippen LogP contribution in [0.3, 0.4) is 0 Å². The summed E-state index contributed by atoms with van der Waals surface area (Å²) in [4.78, 5) is 26.4. The summed E-state index contributed by atoms with van der Waals surface area (Å²) in [7, 11) is 0. The predicted octanol–water partition coefficient (Wildman–Crippen LogP) is 13.4. The molecule has 6 aromatic carbocycles. The Kier molecular flexibility index (Phi) is 9.23. The maximum atomic E-state index is 5.47. The molecule has 0 aliphatic heterocycles. The highest BCUT2D eigenvalue weighted by molar-refractivity contribution is 5.90. The number of rotatable bonds is 9. The fourth-order valence-corrected chi connectivity index (χ4v) is 9.63. The third-order valence-electron chi connectivity index (χ3n) is 12.5. The molecule has 11 aromatic rings. The lowest BCUT2D eigenvalue weighted by Gasteiger charge is -2.33. The summed E-state index contributed by atoms with van der Waals surface area (Å²) in [5.41, 5.74) is 16.9. The van der Waals surface area contributed by atoms with Crippen molar-refractivity contribution in [2.24, 2.45) is 0 Å². The highest BCUT2D eigenvalue weighted by atomic mass is 15.2. The number of imidazole rings is 1. The molecule has 0 fully saturated rings. The second-order valence-electron chi connectivity index (χ2n) is 16.1. The van der Waals surface area contributed by atoms with Crippen molar-refractivity contribution < 1.29 is 0 Å². The normalized spacial score (nSPS) is 12.4. The molecule has 1 aliphatic carbocycles. The van der Waals surface area contributed by atoms with Crippen LogP contribution in [0.1, 0.15) is 22.3 Å². The summed E-state index contributed by atoms with van der Waals surface area (Å²) >= 11 is 0. The molecular weight excluding hydrogens is 795 g/mol. The van der Waals surface area contributed by atoms with Gasteiger partial charge in [0, 0.05) is 29.3 Å². The van der Waals surface area contributed by atoms with Crippen LogP contribution < -0.4 is 4.90 Å². The van der Waals surface area contributed by atoms with Gasteiger partial charge < -0.3 is 4.90 Å². The van der Waals surface area contributed by atoms with Gasteiger partial charge in [0.2, 0.25) is 0 Å². The quantitative estimate of drug-likeness (QED) is 0.144. The number of fused-ring (bicyclic) bond motifs is 4. The van der Waals surface area contributed by atoms with Crippen LogP contribution in [-0.4, -0.2) is 29.5 Å². The van der Waals surface area contributed by atoms with Crippen LogP contribution in [0, 0.1) is 0 Å². The van der Waals surface area contributed by atoms with Crippen LogP contribution in [0.5, 0.6) is 0 Å². The van der Waals surface area contributed by atoms with Gasteiger partial charge in [-0.3, -0.25) is 24.5 Å². The van der Waals surface area contributed by atoms with E-state index in [0.29, 0.717) is 0 Å². The van der Waals surface area contributed by atoms with Gasteiger partial charge in [-0.25, -0.2) is 4.98 Å². The molecule has 0 spiro atoms. The fourth-order valence-electron chi connectivity index (χ4n) is 9.63. The first kappa shape index (κ1) is 37.9. The van der Waals surface area contributed by atoms with Crippen LogP contribution in [0.15, 0.2) is 237 Å². The summed E-state index contributed by atoms with van der Waals surface area (Å²) in [6, 6.07) is 74.5. The molecule has 7 heteroatoms. The van der Waals surface area contributed by atoms with Gasteiger partial charge in [-0.2, -0.15) is 0 Å². The van der Waals surface area contributed by atoms with E-state index in [4.69, 9.17) is 15.0 Å². The highest BCUT2D eigenvalue weighted by Crippen LogP contribution is 2.56. The second-order valence-corrected chi connectivity index (χ2v) is 16.1. The molecule has 1 aliphatic rings. The number of hydrogen-bond donors (Lipinski definition) is 0. The topological polar surface area (TPSA) is 72.6 Å². The lowest BCUT2D eigenvalue weighted by atomic mass is 9.67. The second kappa shape index (κ2) is 15.8. The van der Waals surface area contributed by atoms with Crippen molar-refractivity contribution in [3.63, 3.8) is 0 Å². The number of hydrogen-bond acceptors (Lipinski definition) is 6. The van der Waals surface area contributed by atoms with Gasteiger partial charge in [-0.05, 0) is 118 Å². The molecule has 0 bridgehead atoms. The Morgan fingerprint density at radius 1 is 0.400 bits per heavy atom. The van der Waals surface area contributed by atoms with Gasteiger partial charge in [0.05, 0.1) is 63.0 Å². The minimum absolute atomic E-state index is 0.528. The van der Waals surface area contributed by atoms with E-state index in [2.05, 4.69) is 177 Å². The maximum absolute atomic E-state index is 5.47. The summed E-state index contributed by atoms with van der Waals surface area (Å²) in [6.07, 6.45) is 7.35. The Morgan fingerprint density at radius 2 is 0.923 bits per heavy atom. The number of pyridine rings is 4. The first-order valence-corrected chi connectivity index (χ1v) is 21.7. The minimum atomic E-state index is -0.528. The standard InChI is InChI=1S/C58H39N7/c1-3-15-40(16-4-1)57-63-55-37-42(58(41-17-5-2-6-18-41)49-21-9-7-19-47(49)48-20-8-10-22-50(48)58)25-34-56(55)65(57)44-28-26-43(27-29-44)64(45-30-32-53(61-38-45)51-23-11-13-35-59-51)46-31-33-54(62-39-46)52-24-12-14-36-60-52/h1-39H. The monoisotopic (exact) mass is 833 g/mol. The van der Waals surface area contributed by atoms with Crippen molar-refractivity contribution in [2.45, 2.75) is 5.41 Å². The van der Waals surface area contributed by atoms with Crippen LogP contribution in [-0.2, 0) is 5.41 Å². The summed E-state index contributed by atoms with van der Waals surface area (Å²) < 4.78 is 2.28. The van der Waals surface area contributed by atoms with Gasteiger partial charge in [0.15, 0.2) is 0 Å². The van der Waals surface area contributed by atoms with Crippen molar-refractivity contribution in [1.82, 2.24) is 29.5 Å². The highest BCUT2D eigenvalue weighted by Gasteiger charge is 2.46. The molecular formula is C58H39N7. The molecule has 0 unspecified atom stereocenters. The number of aromatic nitrogens is 6. The summed E-state index contributed by atoms with van der Waals surface area (Å²) in [5.74, 6) is 0.868. The van der Waals surface area contributed by atoms with E-state index in [0.717, 1.165) is 67.9 Å². The molecule has 306 valence electrons. The van der Waals surface area contributed by atoms with E-state index in [1.165, 1.54) is 33.4 Å². The number of nitrogens with zero attached hydrogens (tertiary/aromatic N) is 7. The average Bonchev–Trinajstić information content (AvgIpc) is 3.92. The van der Waals surface area contributed by atoms with Gasteiger partial charge in [-0.1, -0.05) is 127 Å². The van der Waals surface area contributed by atoms with Crippen molar-refractivity contribution in [3.05, 3.63) is 259 Å². The summed E-state index contributed by atoms with van der Waals surface area (Å²) in [5, 5.41) is 0. The Hall–Kier alpha value is -8.81. The third kappa shape index (κ3) is 6.40. The Labute approximate surface area is 376 Å². The van der Waals surface area contributed by atoms with Crippen molar-refractivity contribution in [3.8, 4) is 51.0 Å². The van der Waals surface area contributed by atoms with E-state index in [1.807, 2.05) is 67.0 Å². The van der Waals surface area contributed by atoms with Gasteiger partial charge in [0.25, 0.3) is 0 Å². The van der Waals surface area contributed by atoms with Crippen LogP contribution in [0.25, 0.3) is 62.0 Å². The van der Waals surface area contributed by atoms with Crippen LogP contribution >= 0.6 is 0 Å². The molecule has 65 heavy (non-hydrogen) atoms. The Balaban J connectivity index is 0.994. The molecule has 0 saturated heterocycles. The Bertz CT molecular complexity index is 3320. The molecule has 12 rings (SSSR count). The zero-order valence-corrected chi connectivity index (χ0v) is 35.1. The molecule has 0 radical (unpaired) electrons. The van der Waals surface area contributed by atoms with Crippen molar-refractivity contribution >= 4 is 28.1 Å². The smallest absolute Gasteiger partial charge is 0.145 e. The predicted molar refractivity (Wildman–Crippen MR) is 261 cm³/mol. The van der Waals surface area contributed by atoms with Crippen LogP contribution in [0.4, 0.5) is 17.1 Å². The third-order valence-corrected chi connectivity index (χ3v) is 12.5. The molecule has 0 saturated carbocycles. The molecule has 5 heterocycles. The van der Waals surface area contributed by atoms with Crippen molar-refractivity contribution in [1.29, 1.82) is 0 Å². The maximum Gasteiger partial charge on any atom is 0.145 e. The first-order valence-electron chi connectivity index (χ1n) is 21.7. The molecule has 0 amide bonds. The zero-order chi connectivity index (χ0) is 43.2. The van der Waals surface area contributed by atoms with Crippen LogP contribution in [0.2, 0.25) is 0 Å². The Morgan fingerprint density at radius 3 is 1.48 bits per heavy atom. The van der Waals surface area contributed by atoms with Gasteiger partial charge in [-0.15, -0.1) is 0 Å². The van der Waals surface area contributed by atoms with E-state index >= 15 is 0 Å². The van der Waals surface area contributed by atoms with E-state index in [1.54, 1.807) is 12.4 Å². The van der Waals surface area contributed by atoms with Crippen molar-refractivity contribution in [2.75, 3.05) is 4.90 Å². The molecule has 0 atom stereocenters. The zero-order valence-electron chi connectivity index (χ0n) is 35.1. The van der Waals surface area contributed by atoms with E-state index in [-0.39, 0.29) is 0 Å². The molecule has 0 N–H and O–H groups in total. The van der Waals surface area contributed by atoms with E-state index in [9.17, 15) is 0 Å². The first-order chi connectivity index (χ1) is 32.2. The lowest BCUT2D eigenvalue weighted by molar-refractivity contribution is 0.769. The lowest BCUT2D eigenvalue weighted by Crippen LogP contribution is -2.28. The minimum Gasteiger partial charge on any atom is -0.307 e. The SMILES string of the molecule is c1ccc(-c2nc3cc(C4(c5ccccc5)c5ccccc5-c5ccccc54)ccc3n2-c2ccc(N(c3ccc(-c4ccccn4)nc3)c3ccc(-c4ccccn4)nc3)cc2)cc1. The van der Waals surface area contributed by atoms with E-state index < -0.39 is 5.41 Å². The molecule has 5 aromatic heterocycles. The van der Waals surface area contributed by atoms with Gasteiger partial charge in [0.1, 0.15) is 5.82 Å². The number of benzene rings is 6.